The van der Waals surface area contributed by atoms with Gasteiger partial charge in [-0.05, 0) is 12.8 Å². The Bertz CT molecular complexity index is 354. The first-order chi connectivity index (χ1) is 9.51. The number of amides is 2. The fraction of sp³-hybridized carbons (Fsp3) is 0.636. The van der Waals surface area contributed by atoms with Crippen LogP contribution in [0, 0.1) is 0 Å². The summed E-state index contributed by atoms with van der Waals surface area (Å²) >= 11 is 0. The first kappa shape index (κ1) is 17.8. The Balaban J connectivity index is 4.37. The first-order valence-electron chi connectivity index (χ1n) is 6.27. The second-order valence-corrected chi connectivity index (χ2v) is 4.02. The quantitative estimate of drug-likeness (QED) is 0.126. The maximum absolute atomic E-state index is 11.8. The molecule has 0 aliphatic heterocycles. The van der Waals surface area contributed by atoms with Crippen molar-refractivity contribution in [3.8, 4) is 0 Å². The SMILES string of the molecule is NCCC(=O)N[C@@H](CCCN=C(N)N)C(=O)NCC=O. The van der Waals surface area contributed by atoms with Gasteiger partial charge in [0.15, 0.2) is 5.96 Å². The van der Waals surface area contributed by atoms with Gasteiger partial charge in [0.2, 0.25) is 11.8 Å². The van der Waals surface area contributed by atoms with Crippen LogP contribution < -0.4 is 27.8 Å². The third-order valence-corrected chi connectivity index (χ3v) is 2.33. The molecule has 8 N–H and O–H groups in total. The van der Waals surface area contributed by atoms with Crippen LogP contribution in [0.3, 0.4) is 0 Å². The zero-order chi connectivity index (χ0) is 15.4. The van der Waals surface area contributed by atoms with Crippen molar-refractivity contribution in [2.75, 3.05) is 19.6 Å². The summed E-state index contributed by atoms with van der Waals surface area (Å²) in [6, 6.07) is -0.733. The van der Waals surface area contributed by atoms with Crippen molar-refractivity contribution in [2.45, 2.75) is 25.3 Å². The molecule has 114 valence electrons. The molecular weight excluding hydrogens is 264 g/mol. The Labute approximate surface area is 117 Å². The molecule has 1 atom stereocenters. The van der Waals surface area contributed by atoms with Crippen LogP contribution in [0.15, 0.2) is 4.99 Å². The number of nitrogens with two attached hydrogens (primary N) is 3. The number of hydrogen-bond acceptors (Lipinski definition) is 5. The molecule has 0 rings (SSSR count). The van der Waals surface area contributed by atoms with E-state index >= 15 is 0 Å². The highest BCUT2D eigenvalue weighted by Crippen LogP contribution is 1.99. The first-order valence-corrected chi connectivity index (χ1v) is 6.27. The van der Waals surface area contributed by atoms with Gasteiger partial charge in [-0.2, -0.15) is 0 Å². The maximum Gasteiger partial charge on any atom is 0.242 e. The normalized spacial score (nSPS) is 11.2. The van der Waals surface area contributed by atoms with E-state index in [9.17, 15) is 14.4 Å². The van der Waals surface area contributed by atoms with Crippen molar-refractivity contribution in [3.05, 3.63) is 0 Å². The summed E-state index contributed by atoms with van der Waals surface area (Å²) < 4.78 is 0. The molecule has 0 heterocycles. The topological polar surface area (TPSA) is 166 Å². The number of carbonyl (C=O) groups excluding carboxylic acids is 3. The fourth-order valence-electron chi connectivity index (χ4n) is 1.44. The van der Waals surface area contributed by atoms with E-state index in [-0.39, 0.29) is 31.4 Å². The smallest absolute Gasteiger partial charge is 0.242 e. The van der Waals surface area contributed by atoms with Crippen LogP contribution in [0.1, 0.15) is 19.3 Å². The highest BCUT2D eigenvalue weighted by Gasteiger charge is 2.19. The number of nitrogens with zero attached hydrogens (tertiary/aromatic N) is 1. The summed E-state index contributed by atoms with van der Waals surface area (Å²) in [5.74, 6) is -0.771. The number of aldehydes is 1. The van der Waals surface area contributed by atoms with Crippen LogP contribution in [0.25, 0.3) is 0 Å². The molecule has 2 amide bonds. The minimum atomic E-state index is -0.733. The molecule has 20 heavy (non-hydrogen) atoms. The summed E-state index contributed by atoms with van der Waals surface area (Å²) in [6.07, 6.45) is 1.57. The Kier molecular flexibility index (Phi) is 9.57. The molecule has 9 heteroatoms. The van der Waals surface area contributed by atoms with Gasteiger partial charge in [0.25, 0.3) is 0 Å². The lowest BCUT2D eigenvalue weighted by molar-refractivity contribution is -0.129. The fourth-order valence-corrected chi connectivity index (χ4v) is 1.44. The highest BCUT2D eigenvalue weighted by molar-refractivity contribution is 5.88. The molecule has 0 aromatic carbocycles. The van der Waals surface area contributed by atoms with Gasteiger partial charge in [-0.3, -0.25) is 14.6 Å². The van der Waals surface area contributed by atoms with E-state index in [1.54, 1.807) is 0 Å². The van der Waals surface area contributed by atoms with E-state index in [1.807, 2.05) is 0 Å². The molecule has 0 fully saturated rings. The molecule has 0 saturated heterocycles. The number of rotatable bonds is 10. The lowest BCUT2D eigenvalue weighted by atomic mass is 10.1. The molecule has 0 bridgehead atoms. The molecule has 0 spiro atoms. The van der Waals surface area contributed by atoms with Crippen molar-refractivity contribution in [3.63, 3.8) is 0 Å². The standard InChI is InChI=1S/C11H22N6O3/c12-4-3-9(19)17-8(10(20)15-6-7-18)2-1-5-16-11(13)14/h7-8H,1-6,12H2,(H,15,20)(H,17,19)(H4,13,14,16)/t8-/m0/s1. The number of nitrogens with one attached hydrogen (secondary N) is 2. The monoisotopic (exact) mass is 286 g/mol. The van der Waals surface area contributed by atoms with Crippen LogP contribution in [-0.4, -0.2) is 49.7 Å². The van der Waals surface area contributed by atoms with Crippen molar-refractivity contribution < 1.29 is 14.4 Å². The molecular formula is C11H22N6O3. The van der Waals surface area contributed by atoms with Gasteiger partial charge in [0.1, 0.15) is 12.3 Å². The Morgan fingerprint density at radius 3 is 2.55 bits per heavy atom. The Morgan fingerprint density at radius 1 is 1.30 bits per heavy atom. The van der Waals surface area contributed by atoms with Gasteiger partial charge in [-0.1, -0.05) is 0 Å². The molecule has 0 aromatic rings. The van der Waals surface area contributed by atoms with Gasteiger partial charge >= 0.3 is 0 Å². The number of aliphatic imine (C=N–C) groups is 1. The Morgan fingerprint density at radius 2 is 2.00 bits per heavy atom. The maximum atomic E-state index is 11.8. The average molecular weight is 286 g/mol. The molecule has 0 aliphatic rings. The van der Waals surface area contributed by atoms with Gasteiger partial charge < -0.3 is 32.6 Å². The van der Waals surface area contributed by atoms with Crippen LogP contribution in [-0.2, 0) is 14.4 Å². The number of hydrogen-bond donors (Lipinski definition) is 5. The van der Waals surface area contributed by atoms with E-state index in [2.05, 4.69) is 15.6 Å². The van der Waals surface area contributed by atoms with Crippen LogP contribution in [0.5, 0.6) is 0 Å². The minimum absolute atomic E-state index is 0.0286. The van der Waals surface area contributed by atoms with Crippen molar-refractivity contribution in [2.24, 2.45) is 22.2 Å². The van der Waals surface area contributed by atoms with Gasteiger partial charge in [0.05, 0.1) is 6.54 Å². The predicted octanol–water partition coefficient (Wildman–Crippen LogP) is -2.81. The van der Waals surface area contributed by atoms with Gasteiger partial charge in [-0.15, -0.1) is 0 Å². The number of carbonyl (C=O) groups is 3. The molecule has 9 nitrogen and oxygen atoms in total. The van der Waals surface area contributed by atoms with Crippen LogP contribution in [0.2, 0.25) is 0 Å². The van der Waals surface area contributed by atoms with E-state index in [1.165, 1.54) is 0 Å². The van der Waals surface area contributed by atoms with E-state index in [0.717, 1.165) is 0 Å². The summed E-state index contributed by atoms with van der Waals surface area (Å²) in [5, 5.41) is 4.95. The predicted molar refractivity (Wildman–Crippen MR) is 74.6 cm³/mol. The summed E-state index contributed by atoms with van der Waals surface area (Å²) in [6.45, 7) is 0.449. The lowest BCUT2D eigenvalue weighted by Crippen LogP contribution is -2.47. The van der Waals surface area contributed by atoms with Gasteiger partial charge in [0, 0.05) is 19.5 Å². The van der Waals surface area contributed by atoms with Crippen molar-refractivity contribution in [1.82, 2.24) is 10.6 Å². The molecule has 0 unspecified atom stereocenters. The second kappa shape index (κ2) is 10.7. The average Bonchev–Trinajstić information content (AvgIpc) is 2.39. The largest absolute Gasteiger partial charge is 0.370 e. The highest BCUT2D eigenvalue weighted by atomic mass is 16.2. The van der Waals surface area contributed by atoms with E-state index < -0.39 is 11.9 Å². The summed E-state index contributed by atoms with van der Waals surface area (Å²) in [4.78, 5) is 37.2. The molecule has 0 radical (unpaired) electrons. The molecule has 0 aromatic heterocycles. The third-order valence-electron chi connectivity index (χ3n) is 2.33. The number of guanidine groups is 1. The minimum Gasteiger partial charge on any atom is -0.370 e. The zero-order valence-corrected chi connectivity index (χ0v) is 11.3. The zero-order valence-electron chi connectivity index (χ0n) is 11.3. The molecule has 0 saturated carbocycles. The van der Waals surface area contributed by atoms with Crippen LogP contribution >= 0.6 is 0 Å². The second-order valence-electron chi connectivity index (χ2n) is 4.02. The third kappa shape index (κ3) is 8.86. The lowest BCUT2D eigenvalue weighted by Gasteiger charge is -2.17. The van der Waals surface area contributed by atoms with Gasteiger partial charge in [-0.25, -0.2) is 0 Å². The van der Waals surface area contributed by atoms with Crippen molar-refractivity contribution >= 4 is 24.1 Å². The van der Waals surface area contributed by atoms with E-state index in [0.29, 0.717) is 25.7 Å². The Hall–Kier alpha value is -2.16. The van der Waals surface area contributed by atoms with Crippen molar-refractivity contribution in [1.29, 1.82) is 0 Å². The molecule has 0 aliphatic carbocycles. The summed E-state index contributed by atoms with van der Waals surface area (Å²) in [5.41, 5.74) is 15.6. The van der Waals surface area contributed by atoms with Crippen LogP contribution in [0.4, 0.5) is 0 Å². The van der Waals surface area contributed by atoms with E-state index in [4.69, 9.17) is 17.2 Å². The summed E-state index contributed by atoms with van der Waals surface area (Å²) in [7, 11) is 0.